The molecule has 0 saturated heterocycles. The van der Waals surface area contributed by atoms with Gasteiger partial charge in [0.15, 0.2) is 0 Å². The second-order valence-corrected chi connectivity index (χ2v) is 5.61. The van der Waals surface area contributed by atoms with Crippen molar-refractivity contribution in [3.63, 3.8) is 0 Å². The number of aliphatic hydroxyl groups is 1. The molecule has 6 heteroatoms. The SMILES string of the molecule is CN(C)CCN(CCOCCO)C(=O)OC(C)(C)C. The molecule has 0 aliphatic carbocycles. The molecule has 0 aliphatic rings. The largest absolute Gasteiger partial charge is 0.444 e. The minimum Gasteiger partial charge on any atom is -0.444 e. The van der Waals surface area contributed by atoms with Crippen LogP contribution < -0.4 is 0 Å². The smallest absolute Gasteiger partial charge is 0.410 e. The van der Waals surface area contributed by atoms with Crippen LogP contribution in [0.5, 0.6) is 0 Å². The minimum atomic E-state index is -0.501. The highest BCUT2D eigenvalue weighted by molar-refractivity contribution is 5.68. The summed E-state index contributed by atoms with van der Waals surface area (Å²) >= 11 is 0. The van der Waals surface area contributed by atoms with Crippen LogP contribution in [0.2, 0.25) is 0 Å². The van der Waals surface area contributed by atoms with Gasteiger partial charge in [0.2, 0.25) is 0 Å². The van der Waals surface area contributed by atoms with Crippen LogP contribution in [-0.4, -0.2) is 80.2 Å². The number of aliphatic hydroxyl groups excluding tert-OH is 1. The second-order valence-electron chi connectivity index (χ2n) is 5.61. The Morgan fingerprint density at radius 2 is 1.74 bits per heavy atom. The van der Waals surface area contributed by atoms with E-state index in [0.29, 0.717) is 19.7 Å². The number of amides is 1. The van der Waals surface area contributed by atoms with Gasteiger partial charge in [-0.25, -0.2) is 4.79 Å². The maximum absolute atomic E-state index is 12.0. The molecule has 0 fully saturated rings. The summed E-state index contributed by atoms with van der Waals surface area (Å²) in [6, 6.07) is 0. The number of ether oxygens (including phenoxy) is 2. The quantitative estimate of drug-likeness (QED) is 0.664. The third-order valence-corrected chi connectivity index (χ3v) is 2.21. The van der Waals surface area contributed by atoms with Crippen molar-refractivity contribution in [3.05, 3.63) is 0 Å². The Bertz CT molecular complexity index is 252. The molecule has 0 unspecified atom stereocenters. The van der Waals surface area contributed by atoms with Crippen molar-refractivity contribution in [1.82, 2.24) is 9.80 Å². The van der Waals surface area contributed by atoms with E-state index in [4.69, 9.17) is 14.6 Å². The zero-order chi connectivity index (χ0) is 14.9. The van der Waals surface area contributed by atoms with Gasteiger partial charge >= 0.3 is 6.09 Å². The molecule has 0 spiro atoms. The topological polar surface area (TPSA) is 62.2 Å². The number of carbonyl (C=O) groups excluding carboxylic acids is 1. The summed E-state index contributed by atoms with van der Waals surface area (Å²) in [6.45, 7) is 8.02. The average molecular weight is 276 g/mol. The summed E-state index contributed by atoms with van der Waals surface area (Å²) in [5, 5.41) is 8.63. The molecule has 1 amide bonds. The van der Waals surface area contributed by atoms with E-state index < -0.39 is 5.60 Å². The molecule has 0 aromatic carbocycles. The minimum absolute atomic E-state index is 0.00979. The van der Waals surface area contributed by atoms with Crippen molar-refractivity contribution in [3.8, 4) is 0 Å². The normalized spacial score (nSPS) is 11.7. The molecular weight excluding hydrogens is 248 g/mol. The van der Waals surface area contributed by atoms with Crippen molar-refractivity contribution >= 4 is 6.09 Å². The molecule has 114 valence electrons. The predicted octanol–water partition coefficient (Wildman–Crippen LogP) is 0.794. The van der Waals surface area contributed by atoms with Gasteiger partial charge in [0.25, 0.3) is 0 Å². The first-order valence-corrected chi connectivity index (χ1v) is 6.57. The predicted molar refractivity (Wildman–Crippen MR) is 74.3 cm³/mol. The lowest BCUT2D eigenvalue weighted by Gasteiger charge is -2.28. The van der Waals surface area contributed by atoms with E-state index in [-0.39, 0.29) is 19.3 Å². The molecule has 0 saturated carbocycles. The monoisotopic (exact) mass is 276 g/mol. The van der Waals surface area contributed by atoms with Crippen LogP contribution in [0.15, 0.2) is 0 Å². The number of hydrogen-bond donors (Lipinski definition) is 1. The lowest BCUT2D eigenvalue weighted by Crippen LogP contribution is -2.42. The van der Waals surface area contributed by atoms with E-state index >= 15 is 0 Å². The maximum Gasteiger partial charge on any atom is 0.410 e. The van der Waals surface area contributed by atoms with Gasteiger partial charge in [-0.2, -0.15) is 0 Å². The van der Waals surface area contributed by atoms with Gasteiger partial charge in [0.05, 0.1) is 19.8 Å². The van der Waals surface area contributed by atoms with Gasteiger partial charge in [0.1, 0.15) is 5.60 Å². The van der Waals surface area contributed by atoms with Crippen molar-refractivity contribution in [2.45, 2.75) is 26.4 Å². The highest BCUT2D eigenvalue weighted by atomic mass is 16.6. The van der Waals surface area contributed by atoms with Crippen LogP contribution in [0.4, 0.5) is 4.79 Å². The maximum atomic E-state index is 12.0. The fourth-order valence-corrected chi connectivity index (χ4v) is 1.28. The Hall–Kier alpha value is -0.850. The van der Waals surface area contributed by atoms with Crippen LogP contribution in [-0.2, 0) is 9.47 Å². The van der Waals surface area contributed by atoms with Gasteiger partial charge in [-0.3, -0.25) is 0 Å². The van der Waals surface area contributed by atoms with E-state index in [1.807, 2.05) is 39.8 Å². The molecule has 0 atom stereocenters. The molecule has 0 aromatic heterocycles. The van der Waals surface area contributed by atoms with Crippen LogP contribution in [0, 0.1) is 0 Å². The van der Waals surface area contributed by atoms with Crippen molar-refractivity contribution < 1.29 is 19.4 Å². The Kier molecular flexibility index (Phi) is 8.71. The van der Waals surface area contributed by atoms with E-state index in [2.05, 4.69) is 0 Å². The lowest BCUT2D eigenvalue weighted by atomic mass is 10.2. The molecule has 0 rings (SSSR count). The summed E-state index contributed by atoms with van der Waals surface area (Å²) in [5.41, 5.74) is -0.501. The third kappa shape index (κ3) is 10.7. The molecule has 0 aromatic rings. The van der Waals surface area contributed by atoms with Crippen molar-refractivity contribution in [2.75, 3.05) is 53.6 Å². The molecule has 0 heterocycles. The van der Waals surface area contributed by atoms with Crippen LogP contribution in [0.3, 0.4) is 0 Å². The van der Waals surface area contributed by atoms with Crippen molar-refractivity contribution in [2.24, 2.45) is 0 Å². The summed E-state index contributed by atoms with van der Waals surface area (Å²) in [4.78, 5) is 15.6. The first-order chi connectivity index (χ1) is 8.76. The first kappa shape index (κ1) is 18.1. The fourth-order valence-electron chi connectivity index (χ4n) is 1.28. The Morgan fingerprint density at radius 3 is 2.21 bits per heavy atom. The van der Waals surface area contributed by atoms with Gasteiger partial charge < -0.3 is 24.4 Å². The Balaban J connectivity index is 4.27. The zero-order valence-corrected chi connectivity index (χ0v) is 12.8. The third-order valence-electron chi connectivity index (χ3n) is 2.21. The van der Waals surface area contributed by atoms with E-state index in [1.165, 1.54) is 0 Å². The van der Waals surface area contributed by atoms with Gasteiger partial charge in [0, 0.05) is 19.6 Å². The van der Waals surface area contributed by atoms with E-state index in [0.717, 1.165) is 6.54 Å². The summed E-state index contributed by atoms with van der Waals surface area (Å²) in [7, 11) is 3.91. The molecule has 0 aliphatic heterocycles. The summed E-state index contributed by atoms with van der Waals surface area (Å²) in [6.07, 6.45) is -0.332. The fraction of sp³-hybridized carbons (Fsp3) is 0.923. The van der Waals surface area contributed by atoms with Crippen molar-refractivity contribution in [1.29, 1.82) is 0 Å². The number of likely N-dealkylation sites (N-methyl/N-ethyl adjacent to an activating group) is 1. The average Bonchev–Trinajstić information content (AvgIpc) is 2.25. The summed E-state index contributed by atoms with van der Waals surface area (Å²) in [5.74, 6) is 0. The molecule has 1 N–H and O–H groups in total. The van der Waals surface area contributed by atoms with Gasteiger partial charge in [-0.15, -0.1) is 0 Å². The van der Waals surface area contributed by atoms with Crippen LogP contribution >= 0.6 is 0 Å². The highest BCUT2D eigenvalue weighted by Gasteiger charge is 2.21. The van der Waals surface area contributed by atoms with Gasteiger partial charge in [-0.1, -0.05) is 0 Å². The Morgan fingerprint density at radius 1 is 1.11 bits per heavy atom. The number of hydrogen-bond acceptors (Lipinski definition) is 5. The zero-order valence-electron chi connectivity index (χ0n) is 12.8. The summed E-state index contributed by atoms with van der Waals surface area (Å²) < 4.78 is 10.5. The number of carbonyl (C=O) groups is 1. The molecule has 19 heavy (non-hydrogen) atoms. The molecule has 0 bridgehead atoms. The van der Waals surface area contributed by atoms with Gasteiger partial charge in [-0.05, 0) is 34.9 Å². The number of rotatable bonds is 8. The van der Waals surface area contributed by atoms with Crippen LogP contribution in [0.25, 0.3) is 0 Å². The lowest BCUT2D eigenvalue weighted by molar-refractivity contribution is 0.0144. The van der Waals surface area contributed by atoms with Crippen LogP contribution in [0.1, 0.15) is 20.8 Å². The highest BCUT2D eigenvalue weighted by Crippen LogP contribution is 2.09. The van der Waals surface area contributed by atoms with E-state index in [9.17, 15) is 4.79 Å². The molecular formula is C13H28N2O4. The standard InChI is InChI=1S/C13H28N2O4/c1-13(2,3)19-12(17)15(7-6-14(4)5)8-10-18-11-9-16/h16H,6-11H2,1-5H3. The Labute approximate surface area is 116 Å². The second kappa shape index (κ2) is 9.12. The molecule has 0 radical (unpaired) electrons. The number of nitrogens with zero attached hydrogens (tertiary/aromatic N) is 2. The van der Waals surface area contributed by atoms with E-state index in [1.54, 1.807) is 4.90 Å². The first-order valence-electron chi connectivity index (χ1n) is 6.57. The molecule has 6 nitrogen and oxygen atoms in total.